The number of rotatable bonds is 6. The van der Waals surface area contributed by atoms with Crippen LogP contribution in [-0.2, 0) is 0 Å². The zero-order valence-corrected chi connectivity index (χ0v) is 29.0. The molecule has 0 unspecified atom stereocenters. The molecule has 0 N–H and O–H groups in total. The first-order chi connectivity index (χ1) is 26.3. The summed E-state index contributed by atoms with van der Waals surface area (Å²) in [6.45, 7) is 0. The van der Waals surface area contributed by atoms with Gasteiger partial charge in [0.05, 0.1) is 11.4 Å². The molecule has 0 bridgehead atoms. The van der Waals surface area contributed by atoms with E-state index in [4.69, 9.17) is 4.98 Å². The van der Waals surface area contributed by atoms with Crippen molar-refractivity contribution in [3.63, 3.8) is 0 Å². The summed E-state index contributed by atoms with van der Waals surface area (Å²) in [5, 5.41) is 7.48. The molecule has 248 valence electrons. The third-order valence-corrected chi connectivity index (χ3v) is 10.4. The lowest BCUT2D eigenvalue weighted by Gasteiger charge is -2.18. The first kappa shape index (κ1) is 30.8. The van der Waals surface area contributed by atoms with Crippen molar-refractivity contribution in [1.82, 2.24) is 9.55 Å². The quantitative estimate of drug-likeness (QED) is 0.161. The standard InChI is InChI=1S/C51H34N2/c1-4-17-37(18-5-1)49-50(38-19-6-2-7-20-38)53(42-22-8-3-9-23-42)51(52-49)39-31-29-36(30-32-39)47-43-24-12-14-26-45(43)48(46-27-15-13-25-44(46)47)41-33-28-35-16-10-11-21-40(35)34-41/h1-34H. The smallest absolute Gasteiger partial charge is 0.145 e. The molecule has 0 saturated heterocycles. The second-order valence-corrected chi connectivity index (χ2v) is 13.5. The Hall–Kier alpha value is -7.03. The van der Waals surface area contributed by atoms with Crippen LogP contribution in [0.25, 0.3) is 94.2 Å². The topological polar surface area (TPSA) is 17.8 Å². The Morgan fingerprint density at radius 3 is 1.38 bits per heavy atom. The van der Waals surface area contributed by atoms with Crippen LogP contribution in [0.1, 0.15) is 0 Å². The van der Waals surface area contributed by atoms with Gasteiger partial charge in [-0.15, -0.1) is 0 Å². The average Bonchev–Trinajstić information content (AvgIpc) is 3.64. The Morgan fingerprint density at radius 2 is 0.774 bits per heavy atom. The third kappa shape index (κ3) is 5.32. The van der Waals surface area contributed by atoms with Crippen LogP contribution in [0.3, 0.4) is 0 Å². The van der Waals surface area contributed by atoms with Crippen LogP contribution in [0.5, 0.6) is 0 Å². The molecule has 9 aromatic carbocycles. The number of nitrogens with zero attached hydrogens (tertiary/aromatic N) is 2. The summed E-state index contributed by atoms with van der Waals surface area (Å²) >= 11 is 0. The van der Waals surface area contributed by atoms with Gasteiger partial charge in [-0.2, -0.15) is 0 Å². The Morgan fingerprint density at radius 1 is 0.321 bits per heavy atom. The van der Waals surface area contributed by atoms with Gasteiger partial charge in [-0.05, 0) is 72.8 Å². The predicted molar refractivity (Wildman–Crippen MR) is 223 cm³/mol. The lowest BCUT2D eigenvalue weighted by molar-refractivity contribution is 1.07. The van der Waals surface area contributed by atoms with Crippen LogP contribution in [0.15, 0.2) is 206 Å². The zero-order chi connectivity index (χ0) is 35.1. The maximum Gasteiger partial charge on any atom is 0.145 e. The molecular formula is C51H34N2. The Bertz CT molecular complexity index is 2850. The van der Waals surface area contributed by atoms with Gasteiger partial charge in [0.1, 0.15) is 5.82 Å². The maximum atomic E-state index is 5.44. The second kappa shape index (κ2) is 12.9. The summed E-state index contributed by atoms with van der Waals surface area (Å²) in [6.07, 6.45) is 0. The maximum absolute atomic E-state index is 5.44. The van der Waals surface area contributed by atoms with E-state index < -0.39 is 0 Å². The van der Waals surface area contributed by atoms with E-state index in [-0.39, 0.29) is 0 Å². The molecule has 0 aliphatic carbocycles. The number of aromatic nitrogens is 2. The number of hydrogen-bond donors (Lipinski definition) is 0. The molecule has 0 amide bonds. The van der Waals surface area contributed by atoms with Gasteiger partial charge in [-0.3, -0.25) is 4.57 Å². The van der Waals surface area contributed by atoms with Crippen LogP contribution in [0, 0.1) is 0 Å². The summed E-state index contributed by atoms with van der Waals surface area (Å²) in [5.41, 5.74) is 11.3. The van der Waals surface area contributed by atoms with Gasteiger partial charge in [0, 0.05) is 22.4 Å². The molecule has 10 rings (SSSR count). The highest BCUT2D eigenvalue weighted by atomic mass is 15.1. The number of hydrogen-bond acceptors (Lipinski definition) is 1. The summed E-state index contributed by atoms with van der Waals surface area (Å²) in [7, 11) is 0. The molecule has 0 radical (unpaired) electrons. The van der Waals surface area contributed by atoms with E-state index in [0.29, 0.717) is 0 Å². The number of para-hydroxylation sites is 1. The summed E-state index contributed by atoms with van der Waals surface area (Å²) in [5.74, 6) is 0.904. The average molecular weight is 675 g/mol. The fourth-order valence-corrected chi connectivity index (χ4v) is 7.98. The second-order valence-electron chi connectivity index (χ2n) is 13.5. The molecule has 0 spiro atoms. The van der Waals surface area contributed by atoms with Gasteiger partial charge >= 0.3 is 0 Å². The molecule has 0 aliphatic rings. The van der Waals surface area contributed by atoms with Gasteiger partial charge in [-0.1, -0.05) is 188 Å². The van der Waals surface area contributed by atoms with Gasteiger partial charge in [0.25, 0.3) is 0 Å². The highest BCUT2D eigenvalue weighted by Crippen LogP contribution is 2.45. The summed E-state index contributed by atoms with van der Waals surface area (Å²) in [4.78, 5) is 5.44. The minimum absolute atomic E-state index is 0.904. The largest absolute Gasteiger partial charge is 0.292 e. The Balaban J connectivity index is 1.18. The molecule has 0 atom stereocenters. The van der Waals surface area contributed by atoms with Gasteiger partial charge in [0.15, 0.2) is 0 Å². The third-order valence-electron chi connectivity index (χ3n) is 10.4. The molecule has 0 saturated carbocycles. The highest BCUT2D eigenvalue weighted by molar-refractivity contribution is 6.21. The molecule has 10 aromatic rings. The molecule has 1 heterocycles. The van der Waals surface area contributed by atoms with Crippen molar-refractivity contribution in [3.8, 4) is 61.8 Å². The number of benzene rings is 9. The lowest BCUT2D eigenvalue weighted by atomic mass is 9.85. The molecule has 2 heteroatoms. The SMILES string of the molecule is c1ccc(-c2nc(-c3ccc(-c4c5ccccc5c(-c5ccc6ccccc6c5)c5ccccc45)cc3)n(-c3ccccc3)c2-c2ccccc2)cc1. The van der Waals surface area contributed by atoms with Crippen molar-refractivity contribution in [2.45, 2.75) is 0 Å². The summed E-state index contributed by atoms with van der Waals surface area (Å²) in [6, 6.07) is 73.9. The van der Waals surface area contributed by atoms with Crippen LogP contribution >= 0.6 is 0 Å². The van der Waals surface area contributed by atoms with E-state index >= 15 is 0 Å². The van der Waals surface area contributed by atoms with Crippen LogP contribution < -0.4 is 0 Å². The number of imidazole rings is 1. The van der Waals surface area contributed by atoms with Crippen LogP contribution in [0.4, 0.5) is 0 Å². The Labute approximate surface area is 308 Å². The van der Waals surface area contributed by atoms with Crippen molar-refractivity contribution in [1.29, 1.82) is 0 Å². The van der Waals surface area contributed by atoms with Crippen molar-refractivity contribution in [2.24, 2.45) is 0 Å². The molecule has 0 aliphatic heterocycles. The van der Waals surface area contributed by atoms with Crippen molar-refractivity contribution < 1.29 is 0 Å². The van der Waals surface area contributed by atoms with Gasteiger partial charge in [-0.25, -0.2) is 4.98 Å². The van der Waals surface area contributed by atoms with Gasteiger partial charge < -0.3 is 0 Å². The van der Waals surface area contributed by atoms with E-state index in [2.05, 4.69) is 211 Å². The van der Waals surface area contributed by atoms with E-state index in [1.807, 2.05) is 0 Å². The van der Waals surface area contributed by atoms with Crippen molar-refractivity contribution in [3.05, 3.63) is 206 Å². The zero-order valence-electron chi connectivity index (χ0n) is 29.0. The van der Waals surface area contributed by atoms with E-state index in [1.165, 1.54) is 54.6 Å². The molecule has 2 nitrogen and oxygen atoms in total. The van der Waals surface area contributed by atoms with Gasteiger partial charge in [0.2, 0.25) is 0 Å². The van der Waals surface area contributed by atoms with E-state index in [1.54, 1.807) is 0 Å². The van der Waals surface area contributed by atoms with Crippen molar-refractivity contribution in [2.75, 3.05) is 0 Å². The fourth-order valence-electron chi connectivity index (χ4n) is 7.98. The minimum atomic E-state index is 0.904. The first-order valence-corrected chi connectivity index (χ1v) is 18.1. The first-order valence-electron chi connectivity index (χ1n) is 18.1. The minimum Gasteiger partial charge on any atom is -0.292 e. The lowest BCUT2D eigenvalue weighted by Crippen LogP contribution is -2.00. The summed E-state index contributed by atoms with van der Waals surface area (Å²) < 4.78 is 2.32. The molecule has 1 aromatic heterocycles. The molecule has 0 fully saturated rings. The highest BCUT2D eigenvalue weighted by Gasteiger charge is 2.23. The van der Waals surface area contributed by atoms with Crippen molar-refractivity contribution >= 4 is 32.3 Å². The molecular weight excluding hydrogens is 641 g/mol. The van der Waals surface area contributed by atoms with Crippen LogP contribution in [0.2, 0.25) is 0 Å². The molecule has 53 heavy (non-hydrogen) atoms. The fraction of sp³-hybridized carbons (Fsp3) is 0. The normalized spacial score (nSPS) is 11.4. The Kier molecular flexibility index (Phi) is 7.51. The van der Waals surface area contributed by atoms with Crippen LogP contribution in [-0.4, -0.2) is 9.55 Å². The monoisotopic (exact) mass is 674 g/mol. The number of fused-ring (bicyclic) bond motifs is 3. The predicted octanol–water partition coefficient (Wildman–Crippen LogP) is 13.7. The van der Waals surface area contributed by atoms with E-state index in [0.717, 1.165) is 39.6 Å². The van der Waals surface area contributed by atoms with E-state index in [9.17, 15) is 0 Å².